The van der Waals surface area contributed by atoms with Crippen LogP contribution in [0.3, 0.4) is 0 Å². The van der Waals surface area contributed by atoms with Gasteiger partial charge in [-0.1, -0.05) is 26.7 Å². The van der Waals surface area contributed by atoms with Gasteiger partial charge < -0.3 is 15.1 Å². The molecule has 0 aromatic heterocycles. The molecule has 108 valence electrons. The molecule has 0 radical (unpaired) electrons. The van der Waals surface area contributed by atoms with Crippen molar-refractivity contribution in [2.75, 3.05) is 26.2 Å². The zero-order valence-corrected chi connectivity index (χ0v) is 12.1. The van der Waals surface area contributed by atoms with Crippen LogP contribution in [0.4, 0.5) is 0 Å². The van der Waals surface area contributed by atoms with Gasteiger partial charge in [0.1, 0.15) is 0 Å². The number of hydrogen-bond donors (Lipinski definition) is 2. The summed E-state index contributed by atoms with van der Waals surface area (Å²) in [5, 5.41) is 19.1. The maximum Gasteiger partial charge on any atom is 0.0580 e. The van der Waals surface area contributed by atoms with Gasteiger partial charge in [-0.05, 0) is 44.1 Å². The topological polar surface area (TPSA) is 43.7 Å². The lowest BCUT2D eigenvalue weighted by Gasteiger charge is -2.36. The fourth-order valence-corrected chi connectivity index (χ4v) is 3.22. The Morgan fingerprint density at radius 1 is 1.22 bits per heavy atom. The maximum atomic E-state index is 10.1. The maximum absolute atomic E-state index is 10.1. The van der Waals surface area contributed by atoms with Gasteiger partial charge in [-0.15, -0.1) is 0 Å². The van der Waals surface area contributed by atoms with Gasteiger partial charge in [-0.25, -0.2) is 0 Å². The van der Waals surface area contributed by atoms with E-state index in [0.717, 1.165) is 38.4 Å². The highest BCUT2D eigenvalue weighted by molar-refractivity contribution is 4.81. The molecule has 2 N–H and O–H groups in total. The molecule has 0 aromatic carbocycles. The zero-order valence-electron chi connectivity index (χ0n) is 12.1. The summed E-state index contributed by atoms with van der Waals surface area (Å²) in [7, 11) is 0. The molecule has 0 aromatic rings. The molecule has 1 rings (SSSR count). The van der Waals surface area contributed by atoms with E-state index in [2.05, 4.69) is 18.7 Å². The van der Waals surface area contributed by atoms with Crippen molar-refractivity contribution >= 4 is 0 Å². The third-order valence-corrected chi connectivity index (χ3v) is 4.32. The minimum Gasteiger partial charge on any atom is -0.396 e. The van der Waals surface area contributed by atoms with E-state index in [1.54, 1.807) is 0 Å². The molecular formula is C15H31NO2. The van der Waals surface area contributed by atoms with Gasteiger partial charge in [-0.3, -0.25) is 0 Å². The van der Waals surface area contributed by atoms with Crippen LogP contribution in [0.2, 0.25) is 0 Å². The largest absolute Gasteiger partial charge is 0.396 e. The number of rotatable bonds is 8. The van der Waals surface area contributed by atoms with Crippen molar-refractivity contribution in [3.8, 4) is 0 Å². The van der Waals surface area contributed by atoms with Crippen LogP contribution in [-0.4, -0.2) is 47.5 Å². The van der Waals surface area contributed by atoms with Gasteiger partial charge in [0.2, 0.25) is 0 Å². The molecule has 0 spiro atoms. The minimum atomic E-state index is -0.110. The van der Waals surface area contributed by atoms with E-state index in [0.29, 0.717) is 5.92 Å². The minimum absolute atomic E-state index is 0.110. The summed E-state index contributed by atoms with van der Waals surface area (Å²) < 4.78 is 0. The smallest absolute Gasteiger partial charge is 0.0580 e. The molecule has 1 aliphatic rings. The van der Waals surface area contributed by atoms with Crippen LogP contribution in [0, 0.1) is 11.8 Å². The average Bonchev–Trinajstić information content (AvgIpc) is 2.38. The van der Waals surface area contributed by atoms with E-state index >= 15 is 0 Å². The lowest BCUT2D eigenvalue weighted by atomic mass is 9.77. The standard InChI is InChI=1S/C15H31NO2/c1-3-6-13-7-8-15(18)14(11-13)12-16(4-2)9-5-10-17/h13-15,17-18H,3-12H2,1-2H3. The summed E-state index contributed by atoms with van der Waals surface area (Å²) >= 11 is 0. The quantitative estimate of drug-likeness (QED) is 0.701. The van der Waals surface area contributed by atoms with Crippen molar-refractivity contribution in [2.45, 2.75) is 58.5 Å². The van der Waals surface area contributed by atoms with Crippen molar-refractivity contribution in [1.82, 2.24) is 4.90 Å². The molecule has 1 saturated carbocycles. The summed E-state index contributed by atoms with van der Waals surface area (Å²) in [6, 6.07) is 0. The summed E-state index contributed by atoms with van der Waals surface area (Å²) in [5.74, 6) is 1.26. The highest BCUT2D eigenvalue weighted by atomic mass is 16.3. The lowest BCUT2D eigenvalue weighted by Crippen LogP contribution is -2.39. The second-order valence-corrected chi connectivity index (χ2v) is 5.77. The normalized spacial score (nSPS) is 28.8. The van der Waals surface area contributed by atoms with Crippen LogP contribution >= 0.6 is 0 Å². The van der Waals surface area contributed by atoms with Crippen molar-refractivity contribution in [2.24, 2.45) is 11.8 Å². The van der Waals surface area contributed by atoms with E-state index in [1.165, 1.54) is 25.7 Å². The molecule has 0 heterocycles. The van der Waals surface area contributed by atoms with E-state index in [1.807, 2.05) is 0 Å². The average molecular weight is 257 g/mol. The predicted molar refractivity (Wildman–Crippen MR) is 75.6 cm³/mol. The van der Waals surface area contributed by atoms with Crippen LogP contribution in [0.15, 0.2) is 0 Å². The summed E-state index contributed by atoms with van der Waals surface area (Å²) in [4.78, 5) is 2.37. The first kappa shape index (κ1) is 15.9. The van der Waals surface area contributed by atoms with Gasteiger partial charge in [0.25, 0.3) is 0 Å². The molecule has 3 nitrogen and oxygen atoms in total. The molecule has 3 atom stereocenters. The van der Waals surface area contributed by atoms with Gasteiger partial charge in [0, 0.05) is 19.7 Å². The molecular weight excluding hydrogens is 226 g/mol. The molecule has 0 aliphatic heterocycles. The fourth-order valence-electron chi connectivity index (χ4n) is 3.22. The van der Waals surface area contributed by atoms with Crippen LogP contribution in [-0.2, 0) is 0 Å². The van der Waals surface area contributed by atoms with Crippen molar-refractivity contribution < 1.29 is 10.2 Å². The Hall–Kier alpha value is -0.120. The second-order valence-electron chi connectivity index (χ2n) is 5.77. The Labute approximate surface area is 112 Å². The van der Waals surface area contributed by atoms with Crippen LogP contribution in [0.1, 0.15) is 52.4 Å². The molecule has 0 saturated heterocycles. The van der Waals surface area contributed by atoms with E-state index in [4.69, 9.17) is 5.11 Å². The Kier molecular flexibility index (Phi) is 7.87. The van der Waals surface area contributed by atoms with Gasteiger partial charge >= 0.3 is 0 Å². The Morgan fingerprint density at radius 2 is 2.00 bits per heavy atom. The molecule has 3 heteroatoms. The number of hydrogen-bond acceptors (Lipinski definition) is 3. The SMILES string of the molecule is CCCC1CCC(O)C(CN(CC)CCCO)C1. The highest BCUT2D eigenvalue weighted by Gasteiger charge is 2.29. The molecule has 18 heavy (non-hydrogen) atoms. The monoisotopic (exact) mass is 257 g/mol. The Morgan fingerprint density at radius 3 is 2.61 bits per heavy atom. The van der Waals surface area contributed by atoms with Crippen molar-refractivity contribution in [1.29, 1.82) is 0 Å². The molecule has 1 fully saturated rings. The van der Waals surface area contributed by atoms with Gasteiger partial charge in [-0.2, -0.15) is 0 Å². The molecule has 0 amide bonds. The van der Waals surface area contributed by atoms with E-state index in [9.17, 15) is 5.11 Å². The Bertz CT molecular complexity index is 211. The molecule has 3 unspecified atom stereocenters. The molecule has 1 aliphatic carbocycles. The van der Waals surface area contributed by atoms with Gasteiger partial charge in [0.15, 0.2) is 0 Å². The zero-order chi connectivity index (χ0) is 13.4. The van der Waals surface area contributed by atoms with Crippen molar-refractivity contribution in [3.05, 3.63) is 0 Å². The summed E-state index contributed by atoms with van der Waals surface area (Å²) in [6.45, 7) is 7.64. The highest BCUT2D eigenvalue weighted by Crippen LogP contribution is 2.32. The third-order valence-electron chi connectivity index (χ3n) is 4.32. The van der Waals surface area contributed by atoms with Crippen LogP contribution < -0.4 is 0 Å². The van der Waals surface area contributed by atoms with Crippen LogP contribution in [0.5, 0.6) is 0 Å². The lowest BCUT2D eigenvalue weighted by molar-refractivity contribution is 0.0257. The van der Waals surface area contributed by atoms with E-state index < -0.39 is 0 Å². The predicted octanol–water partition coefficient (Wildman–Crippen LogP) is 2.27. The molecule has 0 bridgehead atoms. The number of nitrogens with zero attached hydrogens (tertiary/aromatic N) is 1. The first-order valence-corrected chi connectivity index (χ1v) is 7.72. The number of aliphatic hydroxyl groups excluding tert-OH is 2. The van der Waals surface area contributed by atoms with Gasteiger partial charge in [0.05, 0.1) is 6.10 Å². The summed E-state index contributed by atoms with van der Waals surface area (Å²) in [5.41, 5.74) is 0. The second kappa shape index (κ2) is 8.89. The fraction of sp³-hybridized carbons (Fsp3) is 1.00. The number of aliphatic hydroxyl groups is 2. The van der Waals surface area contributed by atoms with E-state index in [-0.39, 0.29) is 12.7 Å². The first-order chi connectivity index (χ1) is 8.71. The first-order valence-electron chi connectivity index (χ1n) is 7.72. The summed E-state index contributed by atoms with van der Waals surface area (Å²) in [6.07, 6.45) is 6.67. The van der Waals surface area contributed by atoms with Crippen molar-refractivity contribution in [3.63, 3.8) is 0 Å². The third kappa shape index (κ3) is 5.25. The Balaban J connectivity index is 2.40. The van der Waals surface area contributed by atoms with Crippen LogP contribution in [0.25, 0.3) is 0 Å².